The molecule has 1 heterocycles. The Morgan fingerprint density at radius 1 is 1.24 bits per heavy atom. The van der Waals surface area contributed by atoms with Gasteiger partial charge in [-0.15, -0.1) is 5.73 Å². The van der Waals surface area contributed by atoms with E-state index in [2.05, 4.69) is 15.6 Å². The van der Waals surface area contributed by atoms with Gasteiger partial charge in [-0.1, -0.05) is 18.2 Å². The number of benzene rings is 1. The van der Waals surface area contributed by atoms with Gasteiger partial charge >= 0.3 is 0 Å². The van der Waals surface area contributed by atoms with E-state index in [0.29, 0.717) is 0 Å². The second-order valence-corrected chi connectivity index (χ2v) is 4.08. The summed E-state index contributed by atoms with van der Waals surface area (Å²) in [4.78, 5) is 6.74. The highest BCUT2D eigenvalue weighted by Crippen LogP contribution is 2.11. The van der Waals surface area contributed by atoms with Gasteiger partial charge in [-0.2, -0.15) is 0 Å². The molecule has 0 saturated heterocycles. The quantitative estimate of drug-likeness (QED) is 0.745. The van der Waals surface area contributed by atoms with E-state index in [1.54, 1.807) is 0 Å². The molecule has 0 radical (unpaired) electrons. The first kappa shape index (κ1) is 11.4. The largest absolute Gasteiger partial charge is 0.375 e. The van der Waals surface area contributed by atoms with Gasteiger partial charge in [-0.05, 0) is 25.1 Å². The highest BCUT2D eigenvalue weighted by atomic mass is 15.1. The van der Waals surface area contributed by atoms with Crippen LogP contribution in [0.5, 0.6) is 0 Å². The van der Waals surface area contributed by atoms with Crippen molar-refractivity contribution in [3.63, 3.8) is 0 Å². The Morgan fingerprint density at radius 2 is 2.00 bits per heavy atom. The van der Waals surface area contributed by atoms with Gasteiger partial charge in [0.15, 0.2) is 0 Å². The molecule has 0 saturated carbocycles. The number of hydrogen-bond acceptors (Lipinski definition) is 2. The maximum atomic E-state index is 4.69. The van der Waals surface area contributed by atoms with Gasteiger partial charge in [0.1, 0.15) is 0 Å². The highest BCUT2D eigenvalue weighted by Gasteiger charge is 2.04. The number of fused-ring (bicyclic) bond motifs is 1. The van der Waals surface area contributed by atoms with E-state index < -0.39 is 0 Å². The smallest absolute Gasteiger partial charge is 0.0873 e. The number of para-hydroxylation sites is 1. The molecule has 0 amide bonds. The van der Waals surface area contributed by atoms with E-state index in [-0.39, 0.29) is 0 Å². The van der Waals surface area contributed by atoms with Crippen LogP contribution in [0.25, 0.3) is 5.73 Å². The van der Waals surface area contributed by atoms with E-state index >= 15 is 0 Å². The number of nitrogens with zero attached hydrogens (tertiary/aromatic N) is 2. The molecule has 0 atom stereocenters. The summed E-state index contributed by atoms with van der Waals surface area (Å²) < 4.78 is 0. The molecular formula is C15H16N2. The van der Waals surface area contributed by atoms with Crippen molar-refractivity contribution >= 4 is 5.73 Å². The molecule has 0 spiro atoms. The van der Waals surface area contributed by atoms with E-state index in [0.717, 1.165) is 22.0 Å². The zero-order valence-electron chi connectivity index (χ0n) is 10.4. The van der Waals surface area contributed by atoms with Gasteiger partial charge in [-0.3, -0.25) is 0 Å². The Hall–Kier alpha value is -2.05. The third-order valence-electron chi connectivity index (χ3n) is 2.58. The third kappa shape index (κ3) is 2.38. The van der Waals surface area contributed by atoms with Crippen LogP contribution in [0.3, 0.4) is 0 Å². The first-order valence-corrected chi connectivity index (χ1v) is 5.67. The van der Waals surface area contributed by atoms with Crippen LogP contribution < -0.4 is 10.6 Å². The van der Waals surface area contributed by atoms with Crippen LogP contribution in [0.4, 0.5) is 0 Å². The van der Waals surface area contributed by atoms with Crippen molar-refractivity contribution in [2.45, 2.75) is 6.92 Å². The van der Waals surface area contributed by atoms with Gasteiger partial charge < -0.3 is 4.90 Å². The van der Waals surface area contributed by atoms with Crippen molar-refractivity contribution in [1.82, 2.24) is 4.90 Å². The lowest BCUT2D eigenvalue weighted by Gasteiger charge is -2.14. The van der Waals surface area contributed by atoms with E-state index in [9.17, 15) is 0 Å². The lowest BCUT2D eigenvalue weighted by atomic mass is 10.2. The fourth-order valence-corrected chi connectivity index (χ4v) is 1.74. The van der Waals surface area contributed by atoms with Crippen LogP contribution in [0.2, 0.25) is 0 Å². The van der Waals surface area contributed by atoms with Crippen molar-refractivity contribution in [3.8, 4) is 0 Å². The van der Waals surface area contributed by atoms with Gasteiger partial charge in [0, 0.05) is 25.4 Å². The SMILES string of the molecule is CC=CC1=C(N(C)C)C=C=c2ccccc2=N1. The normalized spacial score (nSPS) is 14.1. The Morgan fingerprint density at radius 3 is 2.71 bits per heavy atom. The van der Waals surface area contributed by atoms with E-state index in [1.165, 1.54) is 0 Å². The van der Waals surface area contributed by atoms with Crippen molar-refractivity contribution in [2.75, 3.05) is 14.1 Å². The minimum atomic E-state index is 0.966. The summed E-state index contributed by atoms with van der Waals surface area (Å²) in [6.45, 7) is 2.00. The Kier molecular flexibility index (Phi) is 3.27. The van der Waals surface area contributed by atoms with Crippen molar-refractivity contribution in [3.05, 3.63) is 64.5 Å². The van der Waals surface area contributed by atoms with E-state index in [4.69, 9.17) is 0 Å². The summed E-state index contributed by atoms with van der Waals surface area (Å²) in [6, 6.07) is 8.04. The Bertz CT molecular complexity index is 627. The number of hydrogen-bond donors (Lipinski definition) is 0. The molecule has 0 aromatic heterocycles. The fourth-order valence-electron chi connectivity index (χ4n) is 1.74. The molecule has 0 fully saturated rings. The molecular weight excluding hydrogens is 208 g/mol. The van der Waals surface area contributed by atoms with Gasteiger partial charge in [0.05, 0.1) is 16.8 Å². The summed E-state index contributed by atoms with van der Waals surface area (Å²) in [5.74, 6) is 0. The summed E-state index contributed by atoms with van der Waals surface area (Å²) in [5, 5.41) is 2.00. The van der Waals surface area contributed by atoms with Crippen LogP contribution >= 0.6 is 0 Å². The number of likely N-dealkylation sites (N-methyl/N-ethyl adjacent to an activating group) is 1. The van der Waals surface area contributed by atoms with Crippen molar-refractivity contribution in [2.24, 2.45) is 4.99 Å². The summed E-state index contributed by atoms with van der Waals surface area (Å²) in [5.41, 5.74) is 5.33. The molecule has 0 unspecified atom stereocenters. The predicted molar refractivity (Wildman–Crippen MR) is 70.7 cm³/mol. The highest BCUT2D eigenvalue weighted by molar-refractivity contribution is 5.40. The molecule has 2 nitrogen and oxygen atoms in total. The molecule has 1 aromatic carbocycles. The van der Waals surface area contributed by atoms with Crippen LogP contribution in [0.1, 0.15) is 6.92 Å². The van der Waals surface area contributed by atoms with Crippen LogP contribution in [-0.4, -0.2) is 19.0 Å². The summed E-state index contributed by atoms with van der Waals surface area (Å²) >= 11 is 0. The standard InChI is InChI=1S/C15H16N2/c1-4-7-14-15(17(2)3)11-10-12-8-5-6-9-13(12)16-14/h4-9,11H,1-3H3. The van der Waals surface area contributed by atoms with Gasteiger partial charge in [0.25, 0.3) is 0 Å². The van der Waals surface area contributed by atoms with Crippen LogP contribution in [-0.2, 0) is 0 Å². The monoisotopic (exact) mass is 224 g/mol. The lowest BCUT2D eigenvalue weighted by molar-refractivity contribution is 0.525. The third-order valence-corrected chi connectivity index (χ3v) is 2.58. The zero-order valence-corrected chi connectivity index (χ0v) is 10.4. The maximum Gasteiger partial charge on any atom is 0.0873 e. The molecule has 0 aliphatic carbocycles. The molecule has 2 rings (SSSR count). The Labute approximate surface area is 102 Å². The molecule has 1 aromatic rings. The lowest BCUT2D eigenvalue weighted by Crippen LogP contribution is -2.22. The fraction of sp³-hybridized carbons (Fsp3) is 0.200. The second kappa shape index (κ2) is 4.86. The van der Waals surface area contributed by atoms with Gasteiger partial charge in [0.2, 0.25) is 0 Å². The Balaban J connectivity index is 2.76. The topological polar surface area (TPSA) is 15.6 Å². The summed E-state index contributed by atoms with van der Waals surface area (Å²) in [6.07, 6.45) is 6.02. The maximum absolute atomic E-state index is 4.69. The second-order valence-electron chi connectivity index (χ2n) is 4.08. The van der Waals surface area contributed by atoms with E-state index in [1.807, 2.05) is 63.5 Å². The van der Waals surface area contributed by atoms with Gasteiger partial charge in [-0.25, -0.2) is 4.99 Å². The van der Waals surface area contributed by atoms with Crippen molar-refractivity contribution < 1.29 is 0 Å². The summed E-state index contributed by atoms with van der Waals surface area (Å²) in [7, 11) is 4.03. The molecule has 17 heavy (non-hydrogen) atoms. The zero-order chi connectivity index (χ0) is 12.3. The molecule has 2 heteroatoms. The average Bonchev–Trinajstić information content (AvgIpc) is 2.48. The predicted octanol–water partition coefficient (Wildman–Crippen LogP) is 1.60. The van der Waals surface area contributed by atoms with Crippen molar-refractivity contribution in [1.29, 1.82) is 0 Å². The van der Waals surface area contributed by atoms with Crippen LogP contribution in [0.15, 0.2) is 58.9 Å². The molecule has 86 valence electrons. The molecule has 1 aliphatic rings. The molecule has 0 bridgehead atoms. The first-order valence-electron chi connectivity index (χ1n) is 5.67. The average molecular weight is 224 g/mol. The minimum absolute atomic E-state index is 0.966. The first-order chi connectivity index (χ1) is 8.22. The molecule has 1 aliphatic heterocycles. The number of allylic oxidation sites excluding steroid dienone is 3. The van der Waals surface area contributed by atoms with Crippen LogP contribution in [0, 0.1) is 0 Å². The molecule has 0 N–H and O–H groups in total. The number of rotatable bonds is 2. The minimum Gasteiger partial charge on any atom is -0.375 e.